The van der Waals surface area contributed by atoms with Gasteiger partial charge in [-0.25, -0.2) is 4.74 Å². The van der Waals surface area contributed by atoms with E-state index in [1.165, 1.54) is 0 Å². The topological polar surface area (TPSA) is 55.4 Å². The molecule has 0 N–H and O–H groups in total. The third kappa shape index (κ3) is 3.67. The lowest BCUT2D eigenvalue weighted by Gasteiger charge is -2.37. The highest BCUT2D eigenvalue weighted by Crippen LogP contribution is 2.63. The van der Waals surface area contributed by atoms with Crippen LogP contribution in [0.15, 0.2) is 0 Å². The summed E-state index contributed by atoms with van der Waals surface area (Å²) in [5.74, 6) is -24.1. The molecule has 202 valence electrons. The summed E-state index contributed by atoms with van der Waals surface area (Å²) in [7, 11) is -0.248. The Bertz CT molecular complexity index is 813. The van der Waals surface area contributed by atoms with Crippen LogP contribution in [0.1, 0.15) is 6.92 Å². The molecule has 0 saturated carbocycles. The van der Waals surface area contributed by atoms with E-state index in [9.17, 15) is 70.2 Å². The van der Waals surface area contributed by atoms with Crippen molar-refractivity contribution < 1.29 is 98.7 Å². The Kier molecular flexibility index (Phi) is 6.04. The maximum absolute atomic E-state index is 14.3. The fraction of sp³-hybridized carbons (Fsp3) is 1.00. The van der Waals surface area contributed by atoms with E-state index in [1.54, 1.807) is 0 Å². The first-order valence-electron chi connectivity index (χ1n) is 7.68. The first-order valence-corrected chi connectivity index (χ1v) is 7.68. The van der Waals surface area contributed by atoms with Crippen LogP contribution in [0, 0.1) is 0 Å². The van der Waals surface area contributed by atoms with E-state index < -0.39 is 67.2 Å². The molecule has 34 heavy (non-hydrogen) atoms. The molecule has 0 aromatic carbocycles. The first kappa shape index (κ1) is 28.9. The fourth-order valence-corrected chi connectivity index (χ4v) is 2.34. The molecule has 2 aliphatic rings. The van der Waals surface area contributed by atoms with Crippen molar-refractivity contribution >= 4 is 0 Å². The molecule has 6 nitrogen and oxygen atoms in total. The van der Waals surface area contributed by atoms with Crippen LogP contribution in [-0.2, 0) is 28.4 Å². The number of alkyl halides is 16. The SMILES string of the molecule is COC1(C(F)(F)F)OC(F)(F)C(F)(C(F)(F)OC(F)(F)C2(F)OC(C)(C(F)(F)F)OC2(F)F)O1. The molecule has 0 aromatic rings. The lowest BCUT2D eigenvalue weighted by molar-refractivity contribution is -0.529. The summed E-state index contributed by atoms with van der Waals surface area (Å²) in [6, 6.07) is 0. The van der Waals surface area contributed by atoms with Gasteiger partial charge >= 0.3 is 54.5 Å². The molecule has 22 heteroatoms. The van der Waals surface area contributed by atoms with Gasteiger partial charge in [0.1, 0.15) is 0 Å². The van der Waals surface area contributed by atoms with Gasteiger partial charge in [0.25, 0.3) is 5.79 Å². The van der Waals surface area contributed by atoms with Crippen molar-refractivity contribution in [2.24, 2.45) is 0 Å². The molecule has 2 heterocycles. The minimum atomic E-state index is -7.32. The van der Waals surface area contributed by atoms with E-state index in [0.717, 1.165) is 0 Å². The van der Waals surface area contributed by atoms with Crippen LogP contribution >= 0.6 is 0 Å². The number of hydrogen-bond acceptors (Lipinski definition) is 6. The molecule has 0 radical (unpaired) electrons. The zero-order chi connectivity index (χ0) is 27.2. The maximum Gasteiger partial charge on any atom is 0.473 e. The second-order valence-corrected chi connectivity index (χ2v) is 6.47. The molecule has 2 rings (SSSR count). The van der Waals surface area contributed by atoms with Gasteiger partial charge < -0.3 is 4.74 Å². The van der Waals surface area contributed by atoms with Crippen molar-refractivity contribution in [3.05, 3.63) is 0 Å². The molecule has 2 fully saturated rings. The molecule has 4 atom stereocenters. The Labute approximate surface area is 174 Å². The largest absolute Gasteiger partial charge is 0.473 e. The summed E-state index contributed by atoms with van der Waals surface area (Å²) in [6.45, 7) is -0.661. The summed E-state index contributed by atoms with van der Waals surface area (Å²) < 4.78 is 231. The predicted octanol–water partition coefficient (Wildman–Crippen LogP) is 4.94. The van der Waals surface area contributed by atoms with Gasteiger partial charge in [-0.1, -0.05) is 0 Å². The minimum Gasteiger partial charge on any atom is -0.323 e. The summed E-state index contributed by atoms with van der Waals surface area (Å²) in [6.07, 6.45) is -40.6. The second-order valence-electron chi connectivity index (χ2n) is 6.47. The van der Waals surface area contributed by atoms with Crippen molar-refractivity contribution in [3.8, 4) is 0 Å². The van der Waals surface area contributed by atoms with Gasteiger partial charge in [-0.2, -0.15) is 70.2 Å². The number of hydrogen-bond donors (Lipinski definition) is 0. The first-order chi connectivity index (χ1) is 14.6. The number of ether oxygens (including phenoxy) is 6. The van der Waals surface area contributed by atoms with Crippen molar-refractivity contribution in [3.63, 3.8) is 0 Å². The molecular formula is C12H6F16O6. The van der Waals surface area contributed by atoms with Gasteiger partial charge in [-0.05, 0) is 6.92 Å². The van der Waals surface area contributed by atoms with Gasteiger partial charge in [0.05, 0.1) is 0 Å². The van der Waals surface area contributed by atoms with Crippen molar-refractivity contribution in [1.82, 2.24) is 0 Å². The maximum atomic E-state index is 14.3. The molecule has 2 aliphatic heterocycles. The highest BCUT2D eigenvalue weighted by molar-refractivity contribution is 5.01. The van der Waals surface area contributed by atoms with Crippen LogP contribution in [0.5, 0.6) is 0 Å². The Morgan fingerprint density at radius 1 is 0.559 bits per heavy atom. The smallest absolute Gasteiger partial charge is 0.323 e. The Morgan fingerprint density at radius 2 is 0.941 bits per heavy atom. The predicted molar refractivity (Wildman–Crippen MR) is 63.1 cm³/mol. The summed E-state index contributed by atoms with van der Waals surface area (Å²) in [5, 5.41) is 0. The lowest BCUT2D eigenvalue weighted by Crippen LogP contribution is -2.64. The highest BCUT2D eigenvalue weighted by Gasteiger charge is 2.91. The molecule has 0 spiro atoms. The summed E-state index contributed by atoms with van der Waals surface area (Å²) >= 11 is 0. The molecule has 0 aliphatic carbocycles. The van der Waals surface area contributed by atoms with E-state index >= 15 is 0 Å². The third-order valence-corrected chi connectivity index (χ3v) is 4.08. The van der Waals surface area contributed by atoms with Crippen LogP contribution < -0.4 is 0 Å². The molecule has 0 amide bonds. The summed E-state index contributed by atoms with van der Waals surface area (Å²) in [4.78, 5) is 0. The van der Waals surface area contributed by atoms with Crippen LogP contribution in [0.3, 0.4) is 0 Å². The molecule has 4 unspecified atom stereocenters. The fourth-order valence-electron chi connectivity index (χ4n) is 2.34. The van der Waals surface area contributed by atoms with Gasteiger partial charge in [0.2, 0.25) is 0 Å². The number of methoxy groups -OCH3 is 1. The lowest BCUT2D eigenvalue weighted by atomic mass is 10.2. The normalized spacial score (nSPS) is 39.0. The minimum absolute atomic E-state index is 0.248. The van der Waals surface area contributed by atoms with E-state index in [1.807, 2.05) is 4.74 Å². The molecule has 0 bridgehead atoms. The quantitative estimate of drug-likeness (QED) is 0.453. The van der Waals surface area contributed by atoms with Gasteiger partial charge in [-0.3, -0.25) is 18.9 Å². The zero-order valence-electron chi connectivity index (χ0n) is 15.5. The van der Waals surface area contributed by atoms with Gasteiger partial charge in [0.15, 0.2) is 0 Å². The standard InChI is InChI=1S/C12H6F16O6/c1-3(6(15,16)17)30-4(13,8(21,22)31-3)9(23,24)33-10(25,26)5(14)11(27,28)34-12(29-2,32-5)7(18,19)20/h1-2H3. The zero-order valence-corrected chi connectivity index (χ0v) is 15.5. The number of rotatable bonds is 5. The van der Waals surface area contributed by atoms with E-state index in [4.69, 9.17) is 0 Å². The van der Waals surface area contributed by atoms with Crippen molar-refractivity contribution in [1.29, 1.82) is 0 Å². The van der Waals surface area contributed by atoms with Crippen LogP contribution in [-0.4, -0.2) is 67.4 Å². The number of halogens is 16. The average molecular weight is 550 g/mol. The molecular weight excluding hydrogens is 544 g/mol. The molecule has 0 aromatic heterocycles. The second kappa shape index (κ2) is 7.11. The Hall–Kier alpha value is -1.36. The Balaban J connectivity index is 2.53. The average Bonchev–Trinajstić information content (AvgIpc) is 2.92. The monoisotopic (exact) mass is 550 g/mol. The van der Waals surface area contributed by atoms with Crippen LogP contribution in [0.4, 0.5) is 70.2 Å². The van der Waals surface area contributed by atoms with E-state index in [-0.39, 0.29) is 7.11 Å². The van der Waals surface area contributed by atoms with E-state index in [2.05, 4.69) is 23.7 Å². The van der Waals surface area contributed by atoms with E-state index in [0.29, 0.717) is 0 Å². The highest BCUT2D eigenvalue weighted by atomic mass is 19.4. The van der Waals surface area contributed by atoms with Crippen LogP contribution in [0.25, 0.3) is 0 Å². The third-order valence-electron chi connectivity index (χ3n) is 4.08. The Morgan fingerprint density at radius 3 is 1.24 bits per heavy atom. The summed E-state index contributed by atoms with van der Waals surface area (Å²) in [5.41, 5.74) is 0. The molecule has 2 saturated heterocycles. The van der Waals surface area contributed by atoms with Crippen LogP contribution in [0.2, 0.25) is 0 Å². The van der Waals surface area contributed by atoms with Crippen molar-refractivity contribution in [2.45, 2.75) is 67.2 Å². The van der Waals surface area contributed by atoms with Crippen molar-refractivity contribution in [2.75, 3.05) is 7.11 Å². The van der Waals surface area contributed by atoms with Gasteiger partial charge in [-0.15, -0.1) is 0 Å². The van der Waals surface area contributed by atoms with Gasteiger partial charge in [0, 0.05) is 7.11 Å².